The molecule has 0 aliphatic carbocycles. The number of piperazine rings is 1. The van der Waals surface area contributed by atoms with E-state index in [2.05, 4.69) is 28.2 Å². The molecule has 7 heteroatoms. The van der Waals surface area contributed by atoms with Gasteiger partial charge in [0.15, 0.2) is 0 Å². The van der Waals surface area contributed by atoms with Gasteiger partial charge in [-0.1, -0.05) is 24.3 Å². The second-order valence-electron chi connectivity index (χ2n) is 8.61. The minimum Gasteiger partial charge on any atom is -0.477 e. The molecule has 2 aromatic carbocycles. The van der Waals surface area contributed by atoms with Crippen LogP contribution in [-0.2, 0) is 0 Å². The summed E-state index contributed by atoms with van der Waals surface area (Å²) in [5.74, 6) is -1.01. The lowest BCUT2D eigenvalue weighted by Gasteiger charge is -2.34. The minimum absolute atomic E-state index is 0.0925. The molecule has 1 amide bonds. The van der Waals surface area contributed by atoms with Gasteiger partial charge in [0, 0.05) is 37.4 Å². The van der Waals surface area contributed by atoms with E-state index < -0.39 is 5.97 Å². The van der Waals surface area contributed by atoms with Gasteiger partial charge in [-0.05, 0) is 72.8 Å². The van der Waals surface area contributed by atoms with E-state index in [1.165, 1.54) is 11.3 Å². The molecule has 2 heterocycles. The number of aromatic carboxylic acids is 1. The Kier molecular flexibility index (Phi) is 6.81. The summed E-state index contributed by atoms with van der Waals surface area (Å²) >= 11 is 1.21. The van der Waals surface area contributed by atoms with Crippen molar-refractivity contribution in [2.45, 2.75) is 19.9 Å². The Morgan fingerprint density at radius 1 is 1.03 bits per heavy atom. The zero-order valence-electron chi connectivity index (χ0n) is 19.2. The zero-order valence-corrected chi connectivity index (χ0v) is 20.0. The fourth-order valence-electron chi connectivity index (χ4n) is 4.06. The predicted octanol–water partition coefficient (Wildman–Crippen LogP) is 4.66. The lowest BCUT2D eigenvalue weighted by Crippen LogP contribution is -2.44. The Balaban J connectivity index is 1.49. The molecule has 1 aliphatic rings. The average Bonchev–Trinajstić information content (AvgIpc) is 3.31. The largest absolute Gasteiger partial charge is 0.477 e. The standard InChI is InChI=1S/C26H29N3O3S/c1-17-7-8-22(29-11-9-28(3)10-12-29)15-23(17)25(30)27-18(2)19-5-4-6-20(13-19)21-14-24(26(31)32)33-16-21/h4-8,13-16,18H,9-12H2,1-3H3,(H,27,30)(H,31,32). The number of anilines is 1. The van der Waals surface area contributed by atoms with E-state index in [0.29, 0.717) is 10.4 Å². The van der Waals surface area contributed by atoms with Gasteiger partial charge in [-0.2, -0.15) is 0 Å². The van der Waals surface area contributed by atoms with Crippen molar-refractivity contribution in [1.29, 1.82) is 0 Å². The first-order chi connectivity index (χ1) is 15.8. The van der Waals surface area contributed by atoms with Gasteiger partial charge in [-0.3, -0.25) is 4.79 Å². The minimum atomic E-state index is -0.919. The average molecular weight is 464 g/mol. The number of carboxylic acid groups (broad SMARTS) is 1. The van der Waals surface area contributed by atoms with Crippen LogP contribution >= 0.6 is 11.3 Å². The van der Waals surface area contributed by atoms with E-state index in [1.807, 2.05) is 55.6 Å². The molecular weight excluding hydrogens is 434 g/mol. The third kappa shape index (κ3) is 5.26. The van der Waals surface area contributed by atoms with Crippen LogP contribution in [0, 0.1) is 6.92 Å². The highest BCUT2D eigenvalue weighted by Crippen LogP contribution is 2.28. The van der Waals surface area contributed by atoms with Gasteiger partial charge in [0.2, 0.25) is 0 Å². The van der Waals surface area contributed by atoms with Crippen LogP contribution in [0.1, 0.15) is 44.1 Å². The Labute approximate surface area is 198 Å². The second-order valence-corrected chi connectivity index (χ2v) is 9.53. The number of nitrogens with zero attached hydrogens (tertiary/aromatic N) is 2. The van der Waals surface area contributed by atoms with Crippen molar-refractivity contribution >= 4 is 28.9 Å². The molecule has 1 saturated heterocycles. The summed E-state index contributed by atoms with van der Waals surface area (Å²) in [6, 6.07) is 15.5. The molecule has 3 aromatic rings. The molecule has 1 unspecified atom stereocenters. The van der Waals surface area contributed by atoms with Gasteiger partial charge < -0.3 is 20.2 Å². The Bertz CT molecular complexity index is 1170. The number of thiophene rings is 1. The lowest BCUT2D eigenvalue weighted by atomic mass is 10.0. The van der Waals surface area contributed by atoms with E-state index in [-0.39, 0.29) is 11.9 Å². The quantitative estimate of drug-likeness (QED) is 0.556. The normalized spacial score (nSPS) is 15.3. The van der Waals surface area contributed by atoms with E-state index in [9.17, 15) is 14.7 Å². The summed E-state index contributed by atoms with van der Waals surface area (Å²) in [6.45, 7) is 7.87. The Morgan fingerprint density at radius 2 is 1.79 bits per heavy atom. The summed E-state index contributed by atoms with van der Waals surface area (Å²) in [4.78, 5) is 29.3. The highest BCUT2D eigenvalue weighted by atomic mass is 32.1. The van der Waals surface area contributed by atoms with Crippen LogP contribution in [0.2, 0.25) is 0 Å². The molecule has 172 valence electrons. The molecule has 33 heavy (non-hydrogen) atoms. The van der Waals surface area contributed by atoms with Crippen LogP contribution in [0.3, 0.4) is 0 Å². The molecule has 0 saturated carbocycles. The smallest absolute Gasteiger partial charge is 0.345 e. The molecule has 0 bridgehead atoms. The number of nitrogens with one attached hydrogen (secondary N) is 1. The molecule has 1 atom stereocenters. The molecule has 1 aromatic heterocycles. The summed E-state index contributed by atoms with van der Waals surface area (Å²) in [5, 5.41) is 14.2. The molecule has 1 fully saturated rings. The number of carbonyl (C=O) groups is 2. The fourth-order valence-corrected chi connectivity index (χ4v) is 4.81. The number of rotatable bonds is 6. The first-order valence-electron chi connectivity index (χ1n) is 11.1. The number of benzene rings is 2. The zero-order chi connectivity index (χ0) is 23.5. The first-order valence-corrected chi connectivity index (χ1v) is 12.0. The molecule has 4 rings (SSSR count). The Hall–Kier alpha value is -3.16. The summed E-state index contributed by atoms with van der Waals surface area (Å²) in [6.07, 6.45) is 0. The monoisotopic (exact) mass is 463 g/mol. The van der Waals surface area contributed by atoms with Crippen LogP contribution in [0.25, 0.3) is 11.1 Å². The van der Waals surface area contributed by atoms with Crippen LogP contribution in [0.5, 0.6) is 0 Å². The third-order valence-corrected chi connectivity index (χ3v) is 7.13. The van der Waals surface area contributed by atoms with E-state index in [0.717, 1.165) is 54.1 Å². The maximum atomic E-state index is 13.2. The van der Waals surface area contributed by atoms with Crippen molar-refractivity contribution in [3.8, 4) is 11.1 Å². The van der Waals surface area contributed by atoms with Gasteiger partial charge in [-0.25, -0.2) is 4.79 Å². The third-order valence-electron chi connectivity index (χ3n) is 6.21. The van der Waals surface area contributed by atoms with Crippen LogP contribution in [0.4, 0.5) is 5.69 Å². The number of carboxylic acids is 1. The van der Waals surface area contributed by atoms with Gasteiger partial charge in [0.1, 0.15) is 4.88 Å². The molecular formula is C26H29N3O3S. The summed E-state index contributed by atoms with van der Waals surface area (Å²) in [7, 11) is 2.13. The van der Waals surface area contributed by atoms with Crippen molar-refractivity contribution in [2.75, 3.05) is 38.1 Å². The van der Waals surface area contributed by atoms with E-state index >= 15 is 0 Å². The van der Waals surface area contributed by atoms with Gasteiger partial charge in [-0.15, -0.1) is 11.3 Å². The fraction of sp³-hybridized carbons (Fsp3) is 0.308. The lowest BCUT2D eigenvalue weighted by molar-refractivity contribution is 0.0702. The summed E-state index contributed by atoms with van der Waals surface area (Å²) in [5.41, 5.74) is 5.50. The Morgan fingerprint density at radius 3 is 2.48 bits per heavy atom. The highest BCUT2D eigenvalue weighted by Gasteiger charge is 2.19. The topological polar surface area (TPSA) is 72.9 Å². The highest BCUT2D eigenvalue weighted by molar-refractivity contribution is 7.12. The van der Waals surface area contributed by atoms with Crippen LogP contribution in [0.15, 0.2) is 53.9 Å². The molecule has 0 radical (unpaired) electrons. The van der Waals surface area contributed by atoms with Crippen molar-refractivity contribution in [3.63, 3.8) is 0 Å². The number of hydrogen-bond donors (Lipinski definition) is 2. The van der Waals surface area contributed by atoms with Gasteiger partial charge >= 0.3 is 5.97 Å². The van der Waals surface area contributed by atoms with Gasteiger partial charge in [0.25, 0.3) is 5.91 Å². The van der Waals surface area contributed by atoms with Crippen molar-refractivity contribution in [3.05, 3.63) is 75.5 Å². The number of amides is 1. The second kappa shape index (κ2) is 9.77. The van der Waals surface area contributed by atoms with E-state index in [1.54, 1.807) is 6.07 Å². The van der Waals surface area contributed by atoms with Crippen LogP contribution < -0.4 is 10.2 Å². The number of carbonyl (C=O) groups excluding carboxylic acids is 1. The maximum absolute atomic E-state index is 13.2. The molecule has 2 N–H and O–H groups in total. The predicted molar refractivity (Wildman–Crippen MR) is 133 cm³/mol. The molecule has 1 aliphatic heterocycles. The molecule has 6 nitrogen and oxygen atoms in total. The number of hydrogen-bond acceptors (Lipinski definition) is 5. The van der Waals surface area contributed by atoms with Crippen molar-refractivity contribution in [2.24, 2.45) is 0 Å². The van der Waals surface area contributed by atoms with Crippen molar-refractivity contribution < 1.29 is 14.7 Å². The van der Waals surface area contributed by atoms with Gasteiger partial charge in [0.05, 0.1) is 6.04 Å². The summed E-state index contributed by atoms with van der Waals surface area (Å²) < 4.78 is 0. The van der Waals surface area contributed by atoms with Crippen molar-refractivity contribution in [1.82, 2.24) is 10.2 Å². The first kappa shape index (κ1) is 23.0. The maximum Gasteiger partial charge on any atom is 0.345 e. The number of likely N-dealkylation sites (N-methyl/N-ethyl adjacent to an activating group) is 1. The SMILES string of the molecule is Cc1ccc(N2CCN(C)CC2)cc1C(=O)NC(C)c1cccc(-c2csc(C(=O)O)c2)c1. The van der Waals surface area contributed by atoms with Crippen LogP contribution in [-0.4, -0.2) is 55.1 Å². The molecule has 0 spiro atoms. The number of aryl methyl sites for hydroxylation is 1. The van der Waals surface area contributed by atoms with E-state index in [4.69, 9.17) is 0 Å².